The second kappa shape index (κ2) is 4.18. The molecule has 4 heteroatoms. The zero-order valence-electron chi connectivity index (χ0n) is 9.89. The number of rotatable bonds is 3. The van der Waals surface area contributed by atoms with Gasteiger partial charge in [-0.3, -0.25) is 0 Å². The molecule has 16 heavy (non-hydrogen) atoms. The van der Waals surface area contributed by atoms with Gasteiger partial charge in [0.1, 0.15) is 0 Å². The summed E-state index contributed by atoms with van der Waals surface area (Å²) < 4.78 is 2.36. The summed E-state index contributed by atoms with van der Waals surface area (Å²) in [6, 6.07) is 0.709. The zero-order valence-corrected chi connectivity index (χ0v) is 9.89. The smallest absolute Gasteiger partial charge is 0.0948 e. The Balaban J connectivity index is 1.71. The normalized spacial score (nSPS) is 27.2. The molecule has 2 fully saturated rings. The first-order valence-corrected chi connectivity index (χ1v) is 6.25. The Kier molecular flexibility index (Phi) is 2.69. The molecule has 1 unspecified atom stereocenters. The first kappa shape index (κ1) is 10.3. The summed E-state index contributed by atoms with van der Waals surface area (Å²) in [5.41, 5.74) is 1.42. The summed E-state index contributed by atoms with van der Waals surface area (Å²) >= 11 is 0. The molecule has 1 aromatic heterocycles. The van der Waals surface area contributed by atoms with E-state index in [1.54, 1.807) is 0 Å². The van der Waals surface area contributed by atoms with Gasteiger partial charge in [0.2, 0.25) is 0 Å². The van der Waals surface area contributed by atoms with Crippen LogP contribution in [0.15, 0.2) is 12.5 Å². The lowest BCUT2D eigenvalue weighted by Gasteiger charge is -2.29. The first-order chi connectivity index (χ1) is 7.84. The van der Waals surface area contributed by atoms with Gasteiger partial charge in [-0.25, -0.2) is 4.98 Å². The zero-order chi connectivity index (χ0) is 11.0. The van der Waals surface area contributed by atoms with E-state index in [0.717, 1.165) is 19.6 Å². The third kappa shape index (κ3) is 1.76. The summed E-state index contributed by atoms with van der Waals surface area (Å²) in [4.78, 5) is 6.78. The highest BCUT2D eigenvalue weighted by atomic mass is 15.2. The van der Waals surface area contributed by atoms with Gasteiger partial charge in [-0.1, -0.05) is 0 Å². The van der Waals surface area contributed by atoms with Gasteiger partial charge >= 0.3 is 0 Å². The Labute approximate surface area is 96.7 Å². The molecule has 0 amide bonds. The van der Waals surface area contributed by atoms with Crippen LogP contribution in [0, 0.1) is 0 Å². The maximum atomic E-state index is 4.31. The van der Waals surface area contributed by atoms with E-state index in [4.69, 9.17) is 0 Å². The summed E-state index contributed by atoms with van der Waals surface area (Å²) in [6.07, 6.45) is 6.72. The average Bonchev–Trinajstić information content (AvgIpc) is 2.76. The fourth-order valence-electron chi connectivity index (χ4n) is 2.76. The molecule has 2 aliphatic heterocycles. The minimum atomic E-state index is 0.689. The molecule has 2 saturated heterocycles. The molecule has 0 aromatic carbocycles. The maximum absolute atomic E-state index is 4.31. The minimum Gasteiger partial charge on any atom is -0.333 e. The van der Waals surface area contributed by atoms with E-state index in [1.807, 2.05) is 12.5 Å². The molecule has 3 heterocycles. The summed E-state index contributed by atoms with van der Waals surface area (Å²) in [5, 5.41) is 3.33. The van der Waals surface area contributed by atoms with Gasteiger partial charge in [0, 0.05) is 43.5 Å². The largest absolute Gasteiger partial charge is 0.333 e. The number of nitrogens with zero attached hydrogens (tertiary/aromatic N) is 3. The monoisotopic (exact) mass is 220 g/mol. The number of imidazole rings is 1. The lowest BCUT2D eigenvalue weighted by Crippen LogP contribution is -2.41. The highest BCUT2D eigenvalue weighted by molar-refractivity contribution is 5.12. The molecule has 1 atom stereocenters. The highest BCUT2D eigenvalue weighted by Gasteiger charge is 2.25. The topological polar surface area (TPSA) is 33.1 Å². The lowest BCUT2D eigenvalue weighted by atomic mass is 10.00. The van der Waals surface area contributed by atoms with Crippen molar-refractivity contribution in [3.63, 3.8) is 0 Å². The van der Waals surface area contributed by atoms with E-state index < -0.39 is 0 Å². The molecule has 0 spiro atoms. The molecule has 4 nitrogen and oxygen atoms in total. The Bertz CT molecular complexity index is 356. The van der Waals surface area contributed by atoms with Crippen LogP contribution in [0.25, 0.3) is 0 Å². The van der Waals surface area contributed by atoms with Crippen molar-refractivity contribution in [2.24, 2.45) is 0 Å². The third-order valence-electron chi connectivity index (χ3n) is 4.02. The summed E-state index contributed by atoms with van der Waals surface area (Å²) in [6.45, 7) is 4.60. The molecule has 0 saturated carbocycles. The number of likely N-dealkylation sites (N-methyl/N-ethyl adjacent to an activating group) is 1. The van der Waals surface area contributed by atoms with Crippen LogP contribution in [0.4, 0.5) is 0 Å². The van der Waals surface area contributed by atoms with Crippen molar-refractivity contribution >= 4 is 0 Å². The summed E-state index contributed by atoms with van der Waals surface area (Å²) in [5.74, 6) is 0.689. The Morgan fingerprint density at radius 2 is 2.38 bits per heavy atom. The second-order valence-electron chi connectivity index (χ2n) is 5.10. The van der Waals surface area contributed by atoms with Crippen molar-refractivity contribution in [1.82, 2.24) is 19.8 Å². The number of hydrogen-bond acceptors (Lipinski definition) is 3. The standard InChI is InChI=1S/C12H20N4/c1-15-4-2-3-11(15)8-16-9-14-7-12(16)10-5-13-6-10/h7,9-11,13H,2-6,8H2,1H3. The lowest BCUT2D eigenvalue weighted by molar-refractivity contribution is 0.276. The molecule has 1 N–H and O–H groups in total. The van der Waals surface area contributed by atoms with Crippen LogP contribution in [0.2, 0.25) is 0 Å². The first-order valence-electron chi connectivity index (χ1n) is 6.25. The van der Waals surface area contributed by atoms with Crippen LogP contribution in [0.5, 0.6) is 0 Å². The van der Waals surface area contributed by atoms with Crippen molar-refractivity contribution in [3.8, 4) is 0 Å². The predicted molar refractivity (Wildman–Crippen MR) is 63.5 cm³/mol. The molecule has 88 valence electrons. The van der Waals surface area contributed by atoms with E-state index >= 15 is 0 Å². The maximum Gasteiger partial charge on any atom is 0.0948 e. The van der Waals surface area contributed by atoms with Crippen LogP contribution in [-0.4, -0.2) is 47.2 Å². The predicted octanol–water partition coefficient (Wildman–Crippen LogP) is 0.664. The molecule has 1 aromatic rings. The molecule has 2 aliphatic rings. The van der Waals surface area contributed by atoms with Crippen molar-refractivity contribution < 1.29 is 0 Å². The van der Waals surface area contributed by atoms with Crippen molar-refractivity contribution in [1.29, 1.82) is 0 Å². The van der Waals surface area contributed by atoms with Gasteiger partial charge in [-0.15, -0.1) is 0 Å². The van der Waals surface area contributed by atoms with Gasteiger partial charge in [-0.05, 0) is 26.4 Å². The van der Waals surface area contributed by atoms with Gasteiger partial charge < -0.3 is 14.8 Å². The van der Waals surface area contributed by atoms with E-state index in [9.17, 15) is 0 Å². The average molecular weight is 220 g/mol. The number of hydrogen-bond donors (Lipinski definition) is 1. The third-order valence-corrected chi connectivity index (χ3v) is 4.02. The van der Waals surface area contributed by atoms with Gasteiger partial charge in [-0.2, -0.15) is 0 Å². The minimum absolute atomic E-state index is 0.689. The highest BCUT2D eigenvalue weighted by Crippen LogP contribution is 2.22. The number of nitrogens with one attached hydrogen (secondary N) is 1. The summed E-state index contributed by atoms with van der Waals surface area (Å²) in [7, 11) is 2.24. The Morgan fingerprint density at radius 1 is 1.50 bits per heavy atom. The van der Waals surface area contributed by atoms with Crippen LogP contribution < -0.4 is 5.32 Å². The van der Waals surface area contributed by atoms with Crippen LogP contribution in [-0.2, 0) is 6.54 Å². The van der Waals surface area contributed by atoms with Crippen LogP contribution in [0.3, 0.4) is 0 Å². The van der Waals surface area contributed by atoms with Crippen molar-refractivity contribution in [3.05, 3.63) is 18.2 Å². The van der Waals surface area contributed by atoms with E-state index in [-0.39, 0.29) is 0 Å². The molecule has 0 radical (unpaired) electrons. The van der Waals surface area contributed by atoms with E-state index in [2.05, 4.69) is 26.8 Å². The molecule has 0 bridgehead atoms. The number of aromatic nitrogens is 2. The quantitative estimate of drug-likeness (QED) is 0.812. The van der Waals surface area contributed by atoms with Gasteiger partial charge in [0.25, 0.3) is 0 Å². The van der Waals surface area contributed by atoms with Crippen molar-refractivity contribution in [2.75, 3.05) is 26.7 Å². The van der Waals surface area contributed by atoms with Gasteiger partial charge in [0.05, 0.1) is 6.33 Å². The Morgan fingerprint density at radius 3 is 3.00 bits per heavy atom. The van der Waals surface area contributed by atoms with E-state index in [1.165, 1.54) is 25.1 Å². The van der Waals surface area contributed by atoms with Crippen molar-refractivity contribution in [2.45, 2.75) is 31.3 Å². The Hall–Kier alpha value is -0.870. The van der Waals surface area contributed by atoms with E-state index in [0.29, 0.717) is 12.0 Å². The van der Waals surface area contributed by atoms with Gasteiger partial charge in [0.15, 0.2) is 0 Å². The molecule has 0 aliphatic carbocycles. The van der Waals surface area contributed by atoms with Crippen LogP contribution in [0.1, 0.15) is 24.5 Å². The number of likely N-dealkylation sites (tertiary alicyclic amines) is 1. The van der Waals surface area contributed by atoms with Crippen LogP contribution >= 0.6 is 0 Å². The molecular weight excluding hydrogens is 200 g/mol. The SMILES string of the molecule is CN1CCCC1Cn1cncc1C1CNC1. The molecular formula is C12H20N4. The molecule has 3 rings (SSSR count). The fourth-order valence-corrected chi connectivity index (χ4v) is 2.76. The fraction of sp³-hybridized carbons (Fsp3) is 0.750. The second-order valence-corrected chi connectivity index (χ2v) is 5.10.